The minimum atomic E-state index is -3.01. The van der Waals surface area contributed by atoms with Crippen LogP contribution in [0.15, 0.2) is 35.6 Å². The highest BCUT2D eigenvalue weighted by atomic mass is 35.5. The molecule has 3 atom stereocenters. The Labute approximate surface area is 197 Å². The number of rotatable bonds is 4. The molecular weight excluding hydrogens is 475 g/mol. The summed E-state index contributed by atoms with van der Waals surface area (Å²) >= 11 is 6.33. The van der Waals surface area contributed by atoms with E-state index >= 15 is 0 Å². The Kier molecular flexibility index (Phi) is 5.80. The van der Waals surface area contributed by atoms with Gasteiger partial charge < -0.3 is 15.0 Å². The maximum absolute atomic E-state index is 14.9. The van der Waals surface area contributed by atoms with Gasteiger partial charge in [0.2, 0.25) is 11.8 Å². The molecule has 5 rings (SSSR count). The Bertz CT molecular complexity index is 1180. The largest absolute Gasteiger partial charge is 0.417 e. The lowest BCUT2D eigenvalue weighted by atomic mass is 9.85. The van der Waals surface area contributed by atoms with E-state index in [-0.39, 0.29) is 46.1 Å². The summed E-state index contributed by atoms with van der Waals surface area (Å²) in [6, 6.07) is 4.31. The van der Waals surface area contributed by atoms with Gasteiger partial charge in [-0.3, -0.25) is 4.79 Å². The van der Waals surface area contributed by atoms with Crippen molar-refractivity contribution in [2.24, 2.45) is 11.0 Å². The number of carbonyl (C=O) groups excluding carboxylic acids is 2. The fourth-order valence-corrected chi connectivity index (χ4v) is 5.20. The minimum Gasteiger partial charge on any atom is -0.417 e. The Morgan fingerprint density at radius 3 is 2.85 bits per heavy atom. The molecule has 2 unspecified atom stereocenters. The van der Waals surface area contributed by atoms with Crippen LogP contribution in [0, 0.1) is 11.7 Å². The van der Waals surface area contributed by atoms with E-state index in [1.165, 1.54) is 24.4 Å². The Morgan fingerprint density at radius 2 is 2.12 bits per heavy atom. The Morgan fingerprint density at radius 1 is 1.29 bits per heavy atom. The van der Waals surface area contributed by atoms with Crippen LogP contribution in [0.2, 0.25) is 5.02 Å². The number of benzene rings is 1. The van der Waals surface area contributed by atoms with Gasteiger partial charge in [0.1, 0.15) is 5.82 Å². The summed E-state index contributed by atoms with van der Waals surface area (Å²) in [6.45, 7) is -3.01. The molecule has 1 aromatic carbocycles. The smallest absolute Gasteiger partial charge is 0.388 e. The fourth-order valence-electron chi connectivity index (χ4n) is 4.93. The number of hydrogen-bond donors (Lipinski definition) is 2. The first-order valence-corrected chi connectivity index (χ1v) is 11.0. The molecule has 2 aromatic rings. The second-order valence-corrected chi connectivity index (χ2v) is 8.78. The standard InChI is InChI=1S/C22H19ClF3N5O3/c23-14-8-16(15(24)7-13(14)10-1-4-19(27-9-10)34-21(25)26)28-22(33)31-12-2-3-17(31)20-11(5-12)6-18(32)29-30-20/h1,4,7-9,11-12,17,21H,2-3,5-6H2,(H,28,33)(H,29,32)/t11?,12?,17-/m1/s1. The number of aromatic nitrogens is 1. The monoisotopic (exact) mass is 493 g/mol. The van der Waals surface area contributed by atoms with Gasteiger partial charge in [-0.25, -0.2) is 19.6 Å². The predicted octanol–water partition coefficient (Wildman–Crippen LogP) is 4.40. The van der Waals surface area contributed by atoms with Crippen molar-refractivity contribution >= 4 is 34.9 Å². The first-order valence-electron chi connectivity index (χ1n) is 10.7. The molecular formula is C22H19ClF3N5O3. The molecule has 8 nitrogen and oxygen atoms in total. The van der Waals surface area contributed by atoms with Crippen molar-refractivity contribution in [3.05, 3.63) is 41.3 Å². The zero-order chi connectivity index (χ0) is 24.0. The summed E-state index contributed by atoms with van der Waals surface area (Å²) in [4.78, 5) is 30.2. The quantitative estimate of drug-likeness (QED) is 0.659. The number of anilines is 1. The third-order valence-corrected chi connectivity index (χ3v) is 6.66. The van der Waals surface area contributed by atoms with Gasteiger partial charge in [0.15, 0.2) is 0 Å². The maximum atomic E-state index is 14.9. The van der Waals surface area contributed by atoms with Crippen LogP contribution < -0.4 is 15.5 Å². The summed E-state index contributed by atoms with van der Waals surface area (Å²) in [7, 11) is 0. The molecule has 0 radical (unpaired) electrons. The fraction of sp³-hybridized carbons (Fsp3) is 0.364. The molecule has 0 spiro atoms. The van der Waals surface area contributed by atoms with E-state index in [4.69, 9.17) is 11.6 Å². The van der Waals surface area contributed by atoms with E-state index in [1.54, 1.807) is 4.90 Å². The van der Waals surface area contributed by atoms with Gasteiger partial charge in [-0.2, -0.15) is 13.9 Å². The molecule has 1 aromatic heterocycles. The summed E-state index contributed by atoms with van der Waals surface area (Å²) in [6.07, 6.45) is 3.74. The SMILES string of the molecule is O=C1CC2CC3CC[C@H](C2=NN1)N3C(=O)Nc1cc(Cl)c(-c2ccc(OC(F)F)nc2)cc1F. The van der Waals surface area contributed by atoms with Gasteiger partial charge in [0.05, 0.1) is 22.5 Å². The number of nitrogens with zero attached hydrogens (tertiary/aromatic N) is 3. The lowest BCUT2D eigenvalue weighted by Crippen LogP contribution is -2.55. The van der Waals surface area contributed by atoms with E-state index in [0.29, 0.717) is 18.4 Å². The van der Waals surface area contributed by atoms with Gasteiger partial charge >= 0.3 is 12.6 Å². The highest BCUT2D eigenvalue weighted by molar-refractivity contribution is 6.33. The number of urea groups is 1. The van der Waals surface area contributed by atoms with Crippen molar-refractivity contribution in [2.75, 3.05) is 5.32 Å². The second-order valence-electron chi connectivity index (χ2n) is 8.37. The van der Waals surface area contributed by atoms with E-state index in [1.807, 2.05) is 0 Å². The van der Waals surface area contributed by atoms with Crippen LogP contribution >= 0.6 is 11.6 Å². The average Bonchev–Trinajstić information content (AvgIpc) is 3.11. The van der Waals surface area contributed by atoms with Crippen LogP contribution in [0.25, 0.3) is 11.1 Å². The van der Waals surface area contributed by atoms with Gasteiger partial charge in [0.25, 0.3) is 0 Å². The number of halogens is 4. The van der Waals surface area contributed by atoms with Crippen LogP contribution in [-0.4, -0.2) is 46.2 Å². The van der Waals surface area contributed by atoms with Gasteiger partial charge in [0, 0.05) is 41.8 Å². The first kappa shape index (κ1) is 22.5. The van der Waals surface area contributed by atoms with Gasteiger partial charge in [-0.15, -0.1) is 0 Å². The zero-order valence-corrected chi connectivity index (χ0v) is 18.4. The van der Waals surface area contributed by atoms with E-state index in [9.17, 15) is 22.8 Å². The molecule has 2 saturated heterocycles. The van der Waals surface area contributed by atoms with E-state index in [2.05, 4.69) is 25.6 Å². The lowest BCUT2D eigenvalue weighted by Gasteiger charge is -2.40. The first-order chi connectivity index (χ1) is 16.3. The molecule has 3 amide bonds. The number of alkyl halides is 2. The predicted molar refractivity (Wildman–Crippen MR) is 117 cm³/mol. The summed E-state index contributed by atoms with van der Waals surface area (Å²) < 4.78 is 43.7. The number of nitrogens with one attached hydrogen (secondary N) is 2. The Hall–Kier alpha value is -3.34. The number of pyridine rings is 1. The highest BCUT2D eigenvalue weighted by Crippen LogP contribution is 2.40. The Balaban J connectivity index is 1.34. The number of carbonyl (C=O) groups is 2. The third-order valence-electron chi connectivity index (χ3n) is 6.35. The molecule has 34 heavy (non-hydrogen) atoms. The second kappa shape index (κ2) is 8.79. The number of hydrazone groups is 1. The van der Waals surface area contributed by atoms with Crippen LogP contribution in [0.3, 0.4) is 0 Å². The minimum absolute atomic E-state index is 0.0202. The number of ether oxygens (including phenoxy) is 1. The molecule has 3 aliphatic rings. The topological polar surface area (TPSA) is 95.9 Å². The number of fused-ring (bicyclic) bond motifs is 4. The zero-order valence-electron chi connectivity index (χ0n) is 17.6. The third kappa shape index (κ3) is 4.15. The summed E-state index contributed by atoms with van der Waals surface area (Å²) in [5.41, 5.74) is 3.84. The summed E-state index contributed by atoms with van der Waals surface area (Å²) in [5.74, 6) is -1.11. The van der Waals surface area contributed by atoms with Gasteiger partial charge in [-0.05, 0) is 37.5 Å². The van der Waals surface area contributed by atoms with E-state index in [0.717, 1.165) is 24.6 Å². The molecule has 2 bridgehead atoms. The van der Waals surface area contributed by atoms with Crippen LogP contribution in [0.1, 0.15) is 25.7 Å². The highest BCUT2D eigenvalue weighted by Gasteiger charge is 2.49. The number of amides is 3. The molecule has 178 valence electrons. The molecule has 4 heterocycles. The average molecular weight is 494 g/mol. The molecule has 0 aliphatic carbocycles. The molecule has 2 N–H and O–H groups in total. The van der Waals surface area contributed by atoms with Crippen molar-refractivity contribution < 1.29 is 27.5 Å². The molecule has 12 heteroatoms. The normalized spacial score (nSPS) is 23.3. The van der Waals surface area contributed by atoms with Gasteiger partial charge in [-0.1, -0.05) is 11.6 Å². The van der Waals surface area contributed by atoms with Crippen molar-refractivity contribution in [3.8, 4) is 17.0 Å². The van der Waals surface area contributed by atoms with Crippen LogP contribution in [-0.2, 0) is 4.79 Å². The number of hydrogen-bond acceptors (Lipinski definition) is 5. The number of piperidine rings is 1. The van der Waals surface area contributed by atoms with Crippen molar-refractivity contribution in [3.63, 3.8) is 0 Å². The summed E-state index contributed by atoms with van der Waals surface area (Å²) in [5, 5.41) is 6.94. The lowest BCUT2D eigenvalue weighted by molar-refractivity contribution is -0.122. The van der Waals surface area contributed by atoms with Crippen LogP contribution in [0.4, 0.5) is 23.7 Å². The molecule has 0 saturated carbocycles. The molecule has 3 aliphatic heterocycles. The van der Waals surface area contributed by atoms with Crippen LogP contribution in [0.5, 0.6) is 5.88 Å². The maximum Gasteiger partial charge on any atom is 0.388 e. The van der Waals surface area contributed by atoms with E-state index < -0.39 is 18.5 Å². The van der Waals surface area contributed by atoms with Crippen molar-refractivity contribution in [1.29, 1.82) is 0 Å². The molecule has 2 fully saturated rings. The van der Waals surface area contributed by atoms with Crippen molar-refractivity contribution in [2.45, 2.75) is 44.4 Å². The van der Waals surface area contributed by atoms with Crippen molar-refractivity contribution in [1.82, 2.24) is 15.3 Å².